The minimum Gasteiger partial charge on any atom is -0.496 e. The first-order chi connectivity index (χ1) is 15.5. The van der Waals surface area contributed by atoms with E-state index >= 15 is 0 Å². The van der Waals surface area contributed by atoms with Gasteiger partial charge >= 0.3 is 0 Å². The lowest BCUT2D eigenvalue weighted by molar-refractivity contribution is -0.121. The minimum atomic E-state index is 0.0417. The van der Waals surface area contributed by atoms with Crippen molar-refractivity contribution in [2.75, 3.05) is 12.4 Å². The summed E-state index contributed by atoms with van der Waals surface area (Å²) in [6.07, 6.45) is 7.77. The Morgan fingerprint density at radius 1 is 1.12 bits per heavy atom. The highest BCUT2D eigenvalue weighted by molar-refractivity contribution is 9.10. The Labute approximate surface area is 199 Å². The van der Waals surface area contributed by atoms with Crippen LogP contribution < -0.4 is 10.1 Å². The van der Waals surface area contributed by atoms with Crippen molar-refractivity contribution in [1.82, 2.24) is 0 Å². The molecular formula is C27H32BrNO3. The zero-order valence-corrected chi connectivity index (χ0v) is 20.5. The Morgan fingerprint density at radius 2 is 1.91 bits per heavy atom. The van der Waals surface area contributed by atoms with Crippen molar-refractivity contribution < 1.29 is 14.3 Å². The number of methoxy groups -OCH3 is 1. The Bertz CT molecular complexity index is 994. The molecule has 0 aliphatic heterocycles. The number of aryl methyl sites for hydroxylation is 1. The molecule has 0 saturated heterocycles. The number of amides is 1. The molecule has 4 nitrogen and oxygen atoms in total. The molecule has 2 aromatic carbocycles. The lowest BCUT2D eigenvalue weighted by Crippen LogP contribution is -2.28. The summed E-state index contributed by atoms with van der Waals surface area (Å²) >= 11 is 3.62. The Kier molecular flexibility index (Phi) is 7.34. The number of nitrogens with one attached hydrogen (secondary N) is 1. The van der Waals surface area contributed by atoms with Gasteiger partial charge in [0.25, 0.3) is 0 Å². The fourth-order valence-corrected chi connectivity index (χ4v) is 5.91. The SMILES string of the molecule is COc1cc(NC(=O)C2CCC(CC3CCCc4c(Br)cccc4C3=O)CC2)ccc1C. The zero-order chi connectivity index (χ0) is 22.7. The van der Waals surface area contributed by atoms with Gasteiger partial charge in [-0.25, -0.2) is 0 Å². The van der Waals surface area contributed by atoms with Gasteiger partial charge in [0.05, 0.1) is 7.11 Å². The van der Waals surface area contributed by atoms with E-state index in [0.29, 0.717) is 11.7 Å². The molecule has 1 unspecified atom stereocenters. The van der Waals surface area contributed by atoms with Gasteiger partial charge in [-0.05, 0) is 87.5 Å². The molecule has 2 aliphatic carbocycles. The van der Waals surface area contributed by atoms with Gasteiger partial charge in [0.1, 0.15) is 5.75 Å². The number of fused-ring (bicyclic) bond motifs is 1. The summed E-state index contributed by atoms with van der Waals surface area (Å²) in [6.45, 7) is 1.99. The third kappa shape index (κ3) is 5.09. The lowest BCUT2D eigenvalue weighted by Gasteiger charge is -2.30. The predicted octanol–water partition coefficient (Wildman–Crippen LogP) is 6.74. The van der Waals surface area contributed by atoms with Crippen molar-refractivity contribution in [2.45, 2.75) is 58.3 Å². The van der Waals surface area contributed by atoms with Gasteiger partial charge in [-0.15, -0.1) is 0 Å². The Hall–Kier alpha value is -2.14. The van der Waals surface area contributed by atoms with E-state index in [4.69, 9.17) is 4.74 Å². The molecule has 0 spiro atoms. The molecule has 4 rings (SSSR count). The van der Waals surface area contributed by atoms with Crippen LogP contribution in [0.1, 0.15) is 66.4 Å². The van der Waals surface area contributed by atoms with Crippen LogP contribution in [-0.4, -0.2) is 18.8 Å². The second-order valence-electron chi connectivity index (χ2n) is 9.35. The average molecular weight is 498 g/mol. The van der Waals surface area contributed by atoms with Crippen LogP contribution >= 0.6 is 15.9 Å². The average Bonchev–Trinajstić information content (AvgIpc) is 2.95. The molecule has 1 N–H and O–H groups in total. The topological polar surface area (TPSA) is 55.4 Å². The van der Waals surface area contributed by atoms with Crippen molar-refractivity contribution in [3.05, 3.63) is 57.6 Å². The van der Waals surface area contributed by atoms with Crippen LogP contribution in [0.5, 0.6) is 5.75 Å². The number of ketones is 1. The van der Waals surface area contributed by atoms with E-state index in [2.05, 4.69) is 21.2 Å². The van der Waals surface area contributed by atoms with E-state index in [1.54, 1.807) is 7.11 Å². The summed E-state index contributed by atoms with van der Waals surface area (Å²) in [6, 6.07) is 11.8. The van der Waals surface area contributed by atoms with Crippen LogP contribution in [0.15, 0.2) is 40.9 Å². The fourth-order valence-electron chi connectivity index (χ4n) is 5.35. The zero-order valence-electron chi connectivity index (χ0n) is 19.0. The highest BCUT2D eigenvalue weighted by atomic mass is 79.9. The summed E-state index contributed by atoms with van der Waals surface area (Å²) in [5, 5.41) is 3.06. The van der Waals surface area contributed by atoms with E-state index in [-0.39, 0.29) is 17.7 Å². The van der Waals surface area contributed by atoms with Crippen LogP contribution in [0.3, 0.4) is 0 Å². The summed E-state index contributed by atoms with van der Waals surface area (Å²) < 4.78 is 6.42. The molecule has 5 heteroatoms. The highest BCUT2D eigenvalue weighted by Gasteiger charge is 2.32. The number of carbonyl (C=O) groups excluding carboxylic acids is 2. The van der Waals surface area contributed by atoms with E-state index < -0.39 is 0 Å². The monoisotopic (exact) mass is 497 g/mol. The first-order valence-corrected chi connectivity index (χ1v) is 12.5. The summed E-state index contributed by atoms with van der Waals surface area (Å²) in [5.41, 5.74) is 3.92. The molecule has 0 bridgehead atoms. The van der Waals surface area contributed by atoms with Crippen molar-refractivity contribution >= 4 is 33.3 Å². The van der Waals surface area contributed by atoms with Crippen molar-refractivity contribution in [3.63, 3.8) is 0 Å². The molecule has 0 radical (unpaired) electrons. The number of hydrogen-bond donors (Lipinski definition) is 1. The first-order valence-electron chi connectivity index (χ1n) is 11.7. The Balaban J connectivity index is 1.32. The van der Waals surface area contributed by atoms with E-state index in [9.17, 15) is 9.59 Å². The van der Waals surface area contributed by atoms with Crippen LogP contribution in [-0.2, 0) is 11.2 Å². The van der Waals surface area contributed by atoms with Gasteiger partial charge in [0, 0.05) is 33.6 Å². The van der Waals surface area contributed by atoms with E-state index in [0.717, 1.165) is 78.4 Å². The van der Waals surface area contributed by atoms with Crippen molar-refractivity contribution in [1.29, 1.82) is 0 Å². The number of rotatable bonds is 5. The fraction of sp³-hybridized carbons (Fsp3) is 0.481. The normalized spacial score (nSPS) is 23.2. The quantitative estimate of drug-likeness (QED) is 0.465. The van der Waals surface area contributed by atoms with Gasteiger partial charge in [-0.2, -0.15) is 0 Å². The van der Waals surface area contributed by atoms with Gasteiger partial charge in [0.2, 0.25) is 5.91 Å². The number of ether oxygens (including phenoxy) is 1. The standard InChI is InChI=1S/C27H32BrNO3/c1-17-9-14-21(16-25(17)32-2)29-27(31)19-12-10-18(11-13-19)15-20-5-3-6-22-23(26(20)30)7-4-8-24(22)28/h4,7-9,14,16,18-20H,3,5-6,10-13,15H2,1-2H3,(H,29,31). The van der Waals surface area contributed by atoms with Crippen LogP contribution in [0.25, 0.3) is 0 Å². The van der Waals surface area contributed by atoms with Crippen LogP contribution in [0.2, 0.25) is 0 Å². The van der Waals surface area contributed by atoms with Gasteiger partial charge in [-0.1, -0.05) is 34.1 Å². The third-order valence-electron chi connectivity index (χ3n) is 7.25. The molecular weight excluding hydrogens is 466 g/mol. The highest BCUT2D eigenvalue weighted by Crippen LogP contribution is 2.38. The molecule has 0 aromatic heterocycles. The number of Topliss-reactive ketones (excluding diaryl/α,β-unsaturated/α-hetero) is 1. The van der Waals surface area contributed by atoms with Gasteiger partial charge < -0.3 is 10.1 Å². The molecule has 170 valence electrons. The molecule has 1 amide bonds. The minimum absolute atomic E-state index is 0.0417. The summed E-state index contributed by atoms with van der Waals surface area (Å²) in [5.74, 6) is 1.88. The smallest absolute Gasteiger partial charge is 0.227 e. The molecule has 1 atom stereocenters. The maximum atomic E-state index is 13.2. The Morgan fingerprint density at radius 3 is 2.66 bits per heavy atom. The largest absolute Gasteiger partial charge is 0.496 e. The maximum Gasteiger partial charge on any atom is 0.227 e. The number of benzene rings is 2. The number of anilines is 1. The second kappa shape index (κ2) is 10.2. The molecule has 2 aliphatic rings. The number of halogens is 1. The maximum absolute atomic E-state index is 13.2. The molecule has 0 heterocycles. The number of carbonyl (C=O) groups is 2. The molecule has 1 fully saturated rings. The van der Waals surface area contributed by atoms with E-state index in [1.165, 1.54) is 5.56 Å². The third-order valence-corrected chi connectivity index (χ3v) is 7.99. The van der Waals surface area contributed by atoms with E-state index in [1.807, 2.05) is 43.3 Å². The van der Waals surface area contributed by atoms with Gasteiger partial charge in [0.15, 0.2) is 5.78 Å². The van der Waals surface area contributed by atoms with Crippen LogP contribution in [0.4, 0.5) is 5.69 Å². The van der Waals surface area contributed by atoms with Crippen molar-refractivity contribution in [2.24, 2.45) is 17.8 Å². The first kappa shape index (κ1) is 23.0. The molecule has 32 heavy (non-hydrogen) atoms. The molecule has 1 saturated carbocycles. The van der Waals surface area contributed by atoms with Crippen molar-refractivity contribution in [3.8, 4) is 5.75 Å². The lowest BCUT2D eigenvalue weighted by atomic mass is 9.76. The number of hydrogen-bond acceptors (Lipinski definition) is 3. The van der Waals surface area contributed by atoms with Gasteiger partial charge in [-0.3, -0.25) is 9.59 Å². The molecule has 2 aromatic rings. The summed E-state index contributed by atoms with van der Waals surface area (Å²) in [4.78, 5) is 26.0. The second-order valence-corrected chi connectivity index (χ2v) is 10.2. The van der Waals surface area contributed by atoms with Crippen LogP contribution in [0, 0.1) is 24.7 Å². The predicted molar refractivity (Wildman–Crippen MR) is 131 cm³/mol. The summed E-state index contributed by atoms with van der Waals surface area (Å²) in [7, 11) is 1.64.